The maximum absolute atomic E-state index is 10.8. The van der Waals surface area contributed by atoms with E-state index >= 15 is 0 Å². The van der Waals surface area contributed by atoms with Gasteiger partial charge in [0.15, 0.2) is 0 Å². The highest BCUT2D eigenvalue weighted by molar-refractivity contribution is 7.80. The van der Waals surface area contributed by atoms with E-state index in [2.05, 4.69) is 17.6 Å². The van der Waals surface area contributed by atoms with Crippen LogP contribution in [0.25, 0.3) is 0 Å². The number of aromatic hydroxyl groups is 1. The zero-order chi connectivity index (χ0) is 7.72. The zero-order valence-electron chi connectivity index (χ0n) is 5.46. The number of thiol groups is 1. The van der Waals surface area contributed by atoms with E-state index < -0.39 is 0 Å². The van der Waals surface area contributed by atoms with Crippen molar-refractivity contribution in [3.8, 4) is 5.88 Å². The average Bonchev–Trinajstić information content (AvgIpc) is 2.09. The monoisotopic (exact) mass is 160 g/mol. The number of nitrogens with zero attached hydrogens (tertiary/aromatic N) is 1. The Labute approximate surface area is 62.9 Å². The topological polar surface area (TPSA) is 58.0 Å². The summed E-state index contributed by atoms with van der Waals surface area (Å²) in [5.74, 6) is -0.101. The normalized spacial score (nSPS) is 10.2. The third kappa shape index (κ3) is 0.923. The zero-order valence-corrected chi connectivity index (χ0v) is 6.35. The molecule has 0 atom stereocenters. The van der Waals surface area contributed by atoms with Gasteiger partial charge in [-0.05, 0) is 6.92 Å². The first-order valence-corrected chi connectivity index (χ1v) is 3.32. The van der Waals surface area contributed by atoms with E-state index in [0.29, 0.717) is 6.54 Å². The highest BCUT2D eigenvalue weighted by Gasteiger charge is 2.06. The average molecular weight is 160 g/mol. The molecule has 0 amide bonds. The molecule has 0 unspecified atom stereocenters. The maximum Gasteiger partial charge on any atom is 0.329 e. The summed E-state index contributed by atoms with van der Waals surface area (Å²) in [6, 6.07) is 0. The fourth-order valence-corrected chi connectivity index (χ4v) is 0.958. The molecule has 0 radical (unpaired) electrons. The quantitative estimate of drug-likeness (QED) is 0.514. The van der Waals surface area contributed by atoms with E-state index in [1.54, 1.807) is 6.92 Å². The number of nitrogens with one attached hydrogen (secondary N) is 1. The molecule has 1 heterocycles. The Morgan fingerprint density at radius 2 is 2.40 bits per heavy atom. The van der Waals surface area contributed by atoms with E-state index in [0.717, 1.165) is 0 Å². The molecule has 0 spiro atoms. The molecule has 0 fully saturated rings. The number of hydrogen-bond donors (Lipinski definition) is 3. The lowest BCUT2D eigenvalue weighted by molar-refractivity contribution is 0.407. The molecule has 0 aromatic carbocycles. The molecule has 4 nitrogen and oxygen atoms in total. The second-order valence-electron chi connectivity index (χ2n) is 1.85. The van der Waals surface area contributed by atoms with Crippen LogP contribution in [0.4, 0.5) is 0 Å². The highest BCUT2D eigenvalue weighted by atomic mass is 32.1. The smallest absolute Gasteiger partial charge is 0.329 e. The fraction of sp³-hybridized carbons (Fsp3) is 0.400. The summed E-state index contributed by atoms with van der Waals surface area (Å²) in [7, 11) is 0. The summed E-state index contributed by atoms with van der Waals surface area (Å²) < 4.78 is 1.20. The summed E-state index contributed by atoms with van der Waals surface area (Å²) in [4.78, 5) is 13.1. The Morgan fingerprint density at radius 3 is 2.60 bits per heavy atom. The molecule has 56 valence electrons. The second kappa shape index (κ2) is 2.42. The summed E-state index contributed by atoms with van der Waals surface area (Å²) >= 11 is 3.82. The molecule has 0 aliphatic carbocycles. The summed E-state index contributed by atoms with van der Waals surface area (Å²) in [6.45, 7) is 2.21. The SMILES string of the molecule is CCn1c(O)c(S)[nH]c1=O. The minimum atomic E-state index is -0.329. The van der Waals surface area contributed by atoms with Crippen molar-refractivity contribution in [2.75, 3.05) is 0 Å². The second-order valence-corrected chi connectivity index (χ2v) is 2.29. The van der Waals surface area contributed by atoms with Gasteiger partial charge in [-0.3, -0.25) is 9.55 Å². The van der Waals surface area contributed by atoms with Gasteiger partial charge in [0.2, 0.25) is 5.88 Å². The van der Waals surface area contributed by atoms with Gasteiger partial charge in [0.25, 0.3) is 0 Å². The van der Waals surface area contributed by atoms with Crippen molar-refractivity contribution in [1.82, 2.24) is 9.55 Å². The van der Waals surface area contributed by atoms with Crippen LogP contribution in [0.5, 0.6) is 5.88 Å². The van der Waals surface area contributed by atoms with Crippen LogP contribution >= 0.6 is 12.6 Å². The number of hydrogen-bond acceptors (Lipinski definition) is 3. The standard InChI is InChI=1S/C5H8N2O2S/c1-2-7-4(8)3(10)6-5(7)9/h8,10H,2H2,1H3,(H,6,9). The Balaban J connectivity index is 3.34. The van der Waals surface area contributed by atoms with Gasteiger partial charge in [0.1, 0.15) is 5.03 Å². The number of aromatic amines is 1. The van der Waals surface area contributed by atoms with Crippen LogP contribution in [0, 0.1) is 0 Å². The van der Waals surface area contributed by atoms with Gasteiger partial charge < -0.3 is 5.11 Å². The Bertz CT molecular complexity index is 288. The fourth-order valence-electron chi connectivity index (χ4n) is 0.742. The molecule has 5 heteroatoms. The predicted octanol–water partition coefficient (Wildman–Crippen LogP) is 0.191. The number of imidazole rings is 1. The van der Waals surface area contributed by atoms with Crippen LogP contribution in [-0.4, -0.2) is 14.7 Å². The van der Waals surface area contributed by atoms with Gasteiger partial charge in [0.05, 0.1) is 0 Å². The molecule has 10 heavy (non-hydrogen) atoms. The number of aromatic nitrogens is 2. The molecule has 1 rings (SSSR count). The Hall–Kier alpha value is -0.840. The van der Waals surface area contributed by atoms with Crippen molar-refractivity contribution in [1.29, 1.82) is 0 Å². The van der Waals surface area contributed by atoms with Crippen LogP contribution in [0.3, 0.4) is 0 Å². The third-order valence-electron chi connectivity index (χ3n) is 1.25. The molecule has 0 aliphatic rings. The van der Waals surface area contributed by atoms with Crippen molar-refractivity contribution >= 4 is 12.6 Å². The van der Waals surface area contributed by atoms with Crippen molar-refractivity contribution in [3.05, 3.63) is 10.5 Å². The van der Waals surface area contributed by atoms with Gasteiger partial charge in [-0.25, -0.2) is 4.79 Å². The minimum absolute atomic E-state index is 0.101. The van der Waals surface area contributed by atoms with Crippen LogP contribution in [0.15, 0.2) is 9.82 Å². The molecule has 1 aromatic rings. The van der Waals surface area contributed by atoms with Crippen molar-refractivity contribution in [3.63, 3.8) is 0 Å². The van der Waals surface area contributed by atoms with Crippen LogP contribution in [0.2, 0.25) is 0 Å². The summed E-state index contributed by atoms with van der Waals surface area (Å²) in [5, 5.41) is 9.29. The van der Waals surface area contributed by atoms with Crippen molar-refractivity contribution < 1.29 is 5.11 Å². The van der Waals surface area contributed by atoms with Crippen LogP contribution in [-0.2, 0) is 6.54 Å². The number of rotatable bonds is 1. The van der Waals surface area contributed by atoms with Crippen LogP contribution < -0.4 is 5.69 Å². The van der Waals surface area contributed by atoms with Gasteiger partial charge >= 0.3 is 5.69 Å². The van der Waals surface area contributed by atoms with E-state index in [4.69, 9.17) is 5.11 Å². The molecule has 1 aromatic heterocycles. The van der Waals surface area contributed by atoms with Gasteiger partial charge in [-0.15, -0.1) is 12.6 Å². The lowest BCUT2D eigenvalue weighted by Gasteiger charge is -1.94. The molecule has 0 saturated heterocycles. The molecular weight excluding hydrogens is 152 g/mol. The molecule has 0 saturated carbocycles. The van der Waals surface area contributed by atoms with Crippen molar-refractivity contribution in [2.45, 2.75) is 18.5 Å². The predicted molar refractivity (Wildman–Crippen MR) is 39.6 cm³/mol. The largest absolute Gasteiger partial charge is 0.492 e. The van der Waals surface area contributed by atoms with Gasteiger partial charge in [-0.2, -0.15) is 0 Å². The van der Waals surface area contributed by atoms with E-state index in [9.17, 15) is 4.79 Å². The Morgan fingerprint density at radius 1 is 1.80 bits per heavy atom. The van der Waals surface area contributed by atoms with Crippen LogP contribution in [0.1, 0.15) is 6.92 Å². The van der Waals surface area contributed by atoms with E-state index in [-0.39, 0.29) is 16.6 Å². The summed E-state index contributed by atoms with van der Waals surface area (Å²) in [6.07, 6.45) is 0. The van der Waals surface area contributed by atoms with E-state index in [1.807, 2.05) is 0 Å². The highest BCUT2D eigenvalue weighted by Crippen LogP contribution is 2.14. The Kier molecular flexibility index (Phi) is 1.76. The van der Waals surface area contributed by atoms with Gasteiger partial charge in [0, 0.05) is 6.54 Å². The summed E-state index contributed by atoms with van der Waals surface area (Å²) in [5.41, 5.74) is -0.329. The van der Waals surface area contributed by atoms with Crippen molar-refractivity contribution in [2.24, 2.45) is 0 Å². The van der Waals surface area contributed by atoms with Gasteiger partial charge in [-0.1, -0.05) is 0 Å². The molecular formula is C5H8N2O2S. The van der Waals surface area contributed by atoms with E-state index in [1.165, 1.54) is 4.57 Å². The molecule has 0 aliphatic heterocycles. The first-order chi connectivity index (χ1) is 4.66. The first-order valence-electron chi connectivity index (χ1n) is 2.87. The lowest BCUT2D eigenvalue weighted by Crippen LogP contribution is -2.14. The minimum Gasteiger partial charge on any atom is -0.492 e. The third-order valence-corrected chi connectivity index (χ3v) is 1.57. The molecule has 0 bridgehead atoms. The first kappa shape index (κ1) is 7.27. The number of H-pyrrole nitrogens is 1. The lowest BCUT2D eigenvalue weighted by atomic mass is 10.7. The maximum atomic E-state index is 10.8. The molecule has 2 N–H and O–H groups in total.